The molecule has 6 heteroatoms. The summed E-state index contributed by atoms with van der Waals surface area (Å²) in [5, 5.41) is 7.60. The standard InChI is InChI=1S/C15H27N3O2S/c1-4-16-14(15-8-6-7-9-21(15,19)20)11-13-10-12(3)17-18(13)5-2/h10,14-16H,4-9,11H2,1-3H3. The van der Waals surface area contributed by atoms with Crippen molar-refractivity contribution < 1.29 is 8.42 Å². The van der Waals surface area contributed by atoms with Gasteiger partial charge in [0.25, 0.3) is 0 Å². The largest absolute Gasteiger partial charge is 0.313 e. The highest BCUT2D eigenvalue weighted by Gasteiger charge is 2.35. The van der Waals surface area contributed by atoms with Crippen LogP contribution in [0.25, 0.3) is 0 Å². The molecule has 1 aliphatic rings. The third-order valence-electron chi connectivity index (χ3n) is 4.26. The number of nitrogens with zero attached hydrogens (tertiary/aromatic N) is 2. The van der Waals surface area contributed by atoms with Crippen molar-refractivity contribution >= 4 is 9.84 Å². The highest BCUT2D eigenvalue weighted by atomic mass is 32.2. The highest BCUT2D eigenvalue weighted by Crippen LogP contribution is 2.24. The zero-order valence-electron chi connectivity index (χ0n) is 13.3. The number of rotatable bonds is 6. The molecule has 2 atom stereocenters. The van der Waals surface area contributed by atoms with Crippen LogP contribution in [0.2, 0.25) is 0 Å². The minimum Gasteiger partial charge on any atom is -0.313 e. The van der Waals surface area contributed by atoms with Crippen LogP contribution in [-0.4, -0.2) is 41.8 Å². The molecule has 0 spiro atoms. The lowest BCUT2D eigenvalue weighted by Crippen LogP contribution is -2.48. The average molecular weight is 313 g/mol. The minimum atomic E-state index is -2.97. The summed E-state index contributed by atoms with van der Waals surface area (Å²) in [5.41, 5.74) is 2.12. The lowest BCUT2D eigenvalue weighted by atomic mass is 10.0. The maximum Gasteiger partial charge on any atom is 0.154 e. The van der Waals surface area contributed by atoms with Gasteiger partial charge in [0, 0.05) is 24.7 Å². The van der Waals surface area contributed by atoms with Crippen LogP contribution in [0, 0.1) is 6.92 Å². The molecule has 1 aliphatic heterocycles. The summed E-state index contributed by atoms with van der Waals surface area (Å²) in [4.78, 5) is 0. The van der Waals surface area contributed by atoms with E-state index in [1.165, 1.54) is 0 Å². The molecular weight excluding hydrogens is 286 g/mol. The van der Waals surface area contributed by atoms with Gasteiger partial charge in [-0.05, 0) is 39.3 Å². The topological polar surface area (TPSA) is 64.0 Å². The third-order valence-corrected chi connectivity index (χ3v) is 6.60. The Bertz CT molecular complexity index is 565. The van der Waals surface area contributed by atoms with Crippen LogP contribution in [0.1, 0.15) is 44.5 Å². The molecule has 0 radical (unpaired) electrons. The predicted octanol–water partition coefficient (Wildman–Crippen LogP) is 1.70. The van der Waals surface area contributed by atoms with Crippen molar-refractivity contribution in [2.45, 2.75) is 64.3 Å². The Morgan fingerprint density at radius 2 is 2.19 bits per heavy atom. The van der Waals surface area contributed by atoms with Crippen molar-refractivity contribution in [3.05, 3.63) is 17.5 Å². The number of sulfone groups is 1. The van der Waals surface area contributed by atoms with Crippen LogP contribution in [0.5, 0.6) is 0 Å². The molecule has 1 aromatic rings. The first-order chi connectivity index (χ1) is 9.97. The fourth-order valence-electron chi connectivity index (χ4n) is 3.29. The summed E-state index contributed by atoms with van der Waals surface area (Å²) in [7, 11) is -2.97. The number of likely N-dealkylation sites (N-methyl/N-ethyl adjacent to an activating group) is 1. The maximum atomic E-state index is 12.4. The van der Waals surface area contributed by atoms with Crippen molar-refractivity contribution in [2.75, 3.05) is 12.3 Å². The van der Waals surface area contributed by atoms with E-state index in [1.54, 1.807) is 0 Å². The van der Waals surface area contributed by atoms with Gasteiger partial charge in [0.15, 0.2) is 9.84 Å². The quantitative estimate of drug-likeness (QED) is 0.868. The summed E-state index contributed by atoms with van der Waals surface area (Å²) in [6.07, 6.45) is 3.33. The van der Waals surface area contributed by atoms with Crippen LogP contribution in [-0.2, 0) is 22.8 Å². The molecule has 1 aromatic heterocycles. The van der Waals surface area contributed by atoms with Gasteiger partial charge in [-0.3, -0.25) is 4.68 Å². The van der Waals surface area contributed by atoms with Crippen molar-refractivity contribution in [1.82, 2.24) is 15.1 Å². The molecule has 0 amide bonds. The minimum absolute atomic E-state index is 0.0123. The Morgan fingerprint density at radius 1 is 1.43 bits per heavy atom. The van der Waals surface area contributed by atoms with E-state index in [1.807, 2.05) is 18.5 Å². The molecule has 0 saturated carbocycles. The second-order valence-corrected chi connectivity index (χ2v) is 8.20. The number of aromatic nitrogens is 2. The van der Waals surface area contributed by atoms with Gasteiger partial charge in [0.2, 0.25) is 0 Å². The van der Waals surface area contributed by atoms with E-state index >= 15 is 0 Å². The SMILES string of the molecule is CCNC(Cc1cc(C)nn1CC)C1CCCCS1(=O)=O. The smallest absolute Gasteiger partial charge is 0.154 e. The summed E-state index contributed by atoms with van der Waals surface area (Å²) in [6, 6.07) is 2.06. The molecular formula is C15H27N3O2S. The molecule has 1 fully saturated rings. The van der Waals surface area contributed by atoms with E-state index in [0.29, 0.717) is 5.75 Å². The summed E-state index contributed by atoms with van der Waals surface area (Å²) in [5.74, 6) is 0.339. The van der Waals surface area contributed by atoms with Crippen LogP contribution in [0.4, 0.5) is 0 Å². The normalized spacial score (nSPS) is 23.1. The molecule has 5 nitrogen and oxygen atoms in total. The Morgan fingerprint density at radius 3 is 2.81 bits per heavy atom. The monoisotopic (exact) mass is 313 g/mol. The second kappa shape index (κ2) is 6.92. The highest BCUT2D eigenvalue weighted by molar-refractivity contribution is 7.92. The molecule has 0 aromatic carbocycles. The second-order valence-electron chi connectivity index (χ2n) is 5.86. The number of hydrogen-bond acceptors (Lipinski definition) is 4. The summed E-state index contributed by atoms with van der Waals surface area (Å²) in [6.45, 7) is 7.69. The predicted molar refractivity (Wildman–Crippen MR) is 85.2 cm³/mol. The molecule has 2 unspecified atom stereocenters. The van der Waals surface area contributed by atoms with E-state index in [-0.39, 0.29) is 11.3 Å². The Kier molecular flexibility index (Phi) is 5.43. The van der Waals surface area contributed by atoms with Gasteiger partial charge in [-0.2, -0.15) is 5.10 Å². The van der Waals surface area contributed by atoms with E-state index in [9.17, 15) is 8.42 Å². The van der Waals surface area contributed by atoms with E-state index < -0.39 is 9.84 Å². The van der Waals surface area contributed by atoms with E-state index in [0.717, 1.165) is 50.2 Å². The molecule has 21 heavy (non-hydrogen) atoms. The van der Waals surface area contributed by atoms with Crippen LogP contribution < -0.4 is 5.32 Å². The molecule has 0 bridgehead atoms. The maximum absolute atomic E-state index is 12.4. The Hall–Kier alpha value is -0.880. The molecule has 120 valence electrons. The van der Waals surface area contributed by atoms with E-state index in [4.69, 9.17) is 0 Å². The van der Waals surface area contributed by atoms with Crippen molar-refractivity contribution in [3.63, 3.8) is 0 Å². The number of hydrogen-bond donors (Lipinski definition) is 1. The number of aryl methyl sites for hydroxylation is 2. The van der Waals surface area contributed by atoms with Gasteiger partial charge < -0.3 is 5.32 Å². The molecule has 1 saturated heterocycles. The van der Waals surface area contributed by atoms with Crippen LogP contribution >= 0.6 is 0 Å². The Balaban J connectivity index is 2.22. The van der Waals surface area contributed by atoms with Crippen molar-refractivity contribution in [1.29, 1.82) is 0 Å². The summed E-state index contributed by atoms with van der Waals surface area (Å²) < 4.78 is 26.8. The first-order valence-corrected chi connectivity index (χ1v) is 9.67. The van der Waals surface area contributed by atoms with Crippen molar-refractivity contribution in [2.24, 2.45) is 0 Å². The van der Waals surface area contributed by atoms with Crippen molar-refractivity contribution in [3.8, 4) is 0 Å². The molecule has 1 N–H and O–H groups in total. The fourth-order valence-corrected chi connectivity index (χ4v) is 5.42. The first-order valence-electron chi connectivity index (χ1n) is 7.96. The zero-order chi connectivity index (χ0) is 15.5. The third kappa shape index (κ3) is 3.86. The average Bonchev–Trinajstić information content (AvgIpc) is 2.78. The van der Waals surface area contributed by atoms with Crippen LogP contribution in [0.15, 0.2) is 6.07 Å². The first kappa shape index (κ1) is 16.5. The number of nitrogens with one attached hydrogen (secondary N) is 1. The lowest BCUT2D eigenvalue weighted by Gasteiger charge is -2.30. The van der Waals surface area contributed by atoms with Gasteiger partial charge in [0.1, 0.15) is 0 Å². The fraction of sp³-hybridized carbons (Fsp3) is 0.800. The van der Waals surface area contributed by atoms with Gasteiger partial charge in [-0.25, -0.2) is 8.42 Å². The van der Waals surface area contributed by atoms with Crippen LogP contribution in [0.3, 0.4) is 0 Å². The molecule has 2 heterocycles. The zero-order valence-corrected chi connectivity index (χ0v) is 14.1. The van der Waals surface area contributed by atoms with Gasteiger partial charge in [-0.15, -0.1) is 0 Å². The van der Waals surface area contributed by atoms with Gasteiger partial charge in [-0.1, -0.05) is 13.3 Å². The van der Waals surface area contributed by atoms with Gasteiger partial charge in [0.05, 0.1) is 16.7 Å². The Labute approximate surface area is 128 Å². The molecule has 2 rings (SSSR count). The van der Waals surface area contributed by atoms with E-state index in [2.05, 4.69) is 23.4 Å². The lowest BCUT2D eigenvalue weighted by molar-refractivity contribution is 0.431. The van der Waals surface area contributed by atoms with Gasteiger partial charge >= 0.3 is 0 Å². The summed E-state index contributed by atoms with van der Waals surface area (Å²) >= 11 is 0. The molecule has 0 aliphatic carbocycles.